The first-order valence-electron chi connectivity index (χ1n) is 4.61. The van der Waals surface area contributed by atoms with Crippen molar-refractivity contribution in [3.8, 4) is 0 Å². The summed E-state index contributed by atoms with van der Waals surface area (Å²) in [6.45, 7) is 4.87. The maximum atomic E-state index is 13.1. The van der Waals surface area contributed by atoms with Gasteiger partial charge in [-0.3, -0.25) is 0 Å². The van der Waals surface area contributed by atoms with Gasteiger partial charge in [-0.2, -0.15) is 0 Å². The van der Waals surface area contributed by atoms with E-state index in [1.54, 1.807) is 0 Å². The van der Waals surface area contributed by atoms with Crippen LogP contribution in [0.4, 0.5) is 10.2 Å². The molecule has 4 nitrogen and oxygen atoms in total. The van der Waals surface area contributed by atoms with E-state index >= 15 is 0 Å². The Kier molecular flexibility index (Phi) is 3.76. The number of nitrogens with two attached hydrogens (primary N) is 1. The van der Waals surface area contributed by atoms with Crippen molar-refractivity contribution in [2.45, 2.75) is 19.8 Å². The lowest BCUT2D eigenvalue weighted by atomic mass is 10.2. The maximum absolute atomic E-state index is 13.1. The molecule has 0 saturated heterocycles. The first-order chi connectivity index (χ1) is 6.65. The van der Waals surface area contributed by atoms with Crippen molar-refractivity contribution < 1.29 is 4.39 Å². The molecule has 0 amide bonds. The SMILES string of the molecule is CC(C)c1ncc(F)c(NCCN)n1. The quantitative estimate of drug-likeness (QED) is 0.760. The van der Waals surface area contributed by atoms with Gasteiger partial charge in [0.25, 0.3) is 0 Å². The molecule has 1 aromatic rings. The van der Waals surface area contributed by atoms with Gasteiger partial charge < -0.3 is 11.1 Å². The number of nitrogens with one attached hydrogen (secondary N) is 1. The van der Waals surface area contributed by atoms with E-state index in [0.717, 1.165) is 0 Å². The molecular formula is C9H15FN4. The smallest absolute Gasteiger partial charge is 0.183 e. The Morgan fingerprint density at radius 2 is 2.29 bits per heavy atom. The Labute approximate surface area is 82.8 Å². The number of hydrogen-bond acceptors (Lipinski definition) is 4. The molecule has 0 aliphatic rings. The third-order valence-corrected chi connectivity index (χ3v) is 1.72. The van der Waals surface area contributed by atoms with Gasteiger partial charge in [0.1, 0.15) is 5.82 Å². The molecule has 0 atom stereocenters. The molecule has 0 aliphatic carbocycles. The summed E-state index contributed by atoms with van der Waals surface area (Å²) in [4.78, 5) is 7.95. The number of rotatable bonds is 4. The van der Waals surface area contributed by atoms with E-state index in [1.165, 1.54) is 6.20 Å². The Bertz CT molecular complexity index is 301. The first kappa shape index (κ1) is 10.8. The van der Waals surface area contributed by atoms with Crippen LogP contribution in [0.2, 0.25) is 0 Å². The molecule has 0 unspecified atom stereocenters. The van der Waals surface area contributed by atoms with Crippen LogP contribution in [0.1, 0.15) is 25.6 Å². The molecule has 5 heteroatoms. The molecule has 0 fully saturated rings. The van der Waals surface area contributed by atoms with Gasteiger partial charge in [0, 0.05) is 19.0 Å². The molecule has 0 bridgehead atoms. The second kappa shape index (κ2) is 4.85. The summed E-state index contributed by atoms with van der Waals surface area (Å²) in [6, 6.07) is 0. The fraction of sp³-hybridized carbons (Fsp3) is 0.556. The standard InChI is InChI=1S/C9H15FN4/c1-6(2)8-13-5-7(10)9(14-8)12-4-3-11/h5-6H,3-4,11H2,1-2H3,(H,12,13,14). The number of aromatic nitrogens is 2. The van der Waals surface area contributed by atoms with E-state index in [4.69, 9.17) is 5.73 Å². The molecule has 0 spiro atoms. The zero-order valence-corrected chi connectivity index (χ0v) is 8.42. The minimum Gasteiger partial charge on any atom is -0.366 e. The van der Waals surface area contributed by atoms with Gasteiger partial charge in [0.05, 0.1) is 6.20 Å². The fourth-order valence-corrected chi connectivity index (χ4v) is 0.973. The molecule has 1 heterocycles. The zero-order valence-electron chi connectivity index (χ0n) is 8.42. The van der Waals surface area contributed by atoms with E-state index in [-0.39, 0.29) is 11.7 Å². The Morgan fingerprint density at radius 3 is 2.86 bits per heavy atom. The van der Waals surface area contributed by atoms with Crippen LogP contribution >= 0.6 is 0 Å². The predicted octanol–water partition coefficient (Wildman–Crippen LogP) is 1.11. The van der Waals surface area contributed by atoms with Crippen LogP contribution in [0, 0.1) is 5.82 Å². The highest BCUT2D eigenvalue weighted by atomic mass is 19.1. The van der Waals surface area contributed by atoms with Crippen molar-refractivity contribution in [3.63, 3.8) is 0 Å². The summed E-state index contributed by atoms with van der Waals surface area (Å²) in [5, 5.41) is 2.81. The highest BCUT2D eigenvalue weighted by Crippen LogP contribution is 2.14. The second-order valence-corrected chi connectivity index (χ2v) is 3.29. The van der Waals surface area contributed by atoms with E-state index in [9.17, 15) is 4.39 Å². The molecule has 0 radical (unpaired) electrons. The van der Waals surface area contributed by atoms with Crippen molar-refractivity contribution in [2.75, 3.05) is 18.4 Å². The molecule has 0 aliphatic heterocycles. The molecule has 1 rings (SSSR count). The van der Waals surface area contributed by atoms with Gasteiger partial charge in [-0.15, -0.1) is 0 Å². The molecule has 14 heavy (non-hydrogen) atoms. The van der Waals surface area contributed by atoms with Crippen LogP contribution in [0.5, 0.6) is 0 Å². The summed E-state index contributed by atoms with van der Waals surface area (Å²) in [6.07, 6.45) is 1.18. The summed E-state index contributed by atoms with van der Waals surface area (Å²) in [5.74, 6) is 0.608. The molecule has 78 valence electrons. The average molecular weight is 198 g/mol. The summed E-state index contributed by atoms with van der Waals surface area (Å²) < 4.78 is 13.1. The molecular weight excluding hydrogens is 183 g/mol. The summed E-state index contributed by atoms with van der Waals surface area (Å²) in [7, 11) is 0. The van der Waals surface area contributed by atoms with Crippen molar-refractivity contribution >= 4 is 5.82 Å². The largest absolute Gasteiger partial charge is 0.366 e. The zero-order chi connectivity index (χ0) is 10.6. The monoisotopic (exact) mass is 198 g/mol. The molecule has 0 aromatic carbocycles. The van der Waals surface area contributed by atoms with E-state index in [0.29, 0.717) is 18.9 Å². The van der Waals surface area contributed by atoms with Crippen molar-refractivity contribution in [1.29, 1.82) is 0 Å². The van der Waals surface area contributed by atoms with Crippen molar-refractivity contribution in [1.82, 2.24) is 9.97 Å². The second-order valence-electron chi connectivity index (χ2n) is 3.29. The first-order valence-corrected chi connectivity index (χ1v) is 4.61. The minimum absolute atomic E-state index is 0.189. The lowest BCUT2D eigenvalue weighted by Crippen LogP contribution is -2.16. The third-order valence-electron chi connectivity index (χ3n) is 1.72. The third kappa shape index (κ3) is 2.63. The van der Waals surface area contributed by atoms with Gasteiger partial charge >= 0.3 is 0 Å². The van der Waals surface area contributed by atoms with E-state index in [1.807, 2.05) is 13.8 Å². The van der Waals surface area contributed by atoms with E-state index in [2.05, 4.69) is 15.3 Å². The van der Waals surface area contributed by atoms with Gasteiger partial charge in [0.15, 0.2) is 11.6 Å². The Morgan fingerprint density at radius 1 is 1.57 bits per heavy atom. The van der Waals surface area contributed by atoms with Gasteiger partial charge in [-0.05, 0) is 0 Å². The minimum atomic E-state index is -0.442. The highest BCUT2D eigenvalue weighted by molar-refractivity contribution is 5.35. The fourth-order valence-electron chi connectivity index (χ4n) is 0.973. The van der Waals surface area contributed by atoms with Gasteiger partial charge in [0.2, 0.25) is 0 Å². The van der Waals surface area contributed by atoms with Crippen LogP contribution in [0.15, 0.2) is 6.20 Å². The normalized spacial score (nSPS) is 10.6. The number of hydrogen-bond donors (Lipinski definition) is 2. The Balaban J connectivity index is 2.85. The number of nitrogens with zero attached hydrogens (tertiary/aromatic N) is 2. The topological polar surface area (TPSA) is 63.8 Å². The lowest BCUT2D eigenvalue weighted by Gasteiger charge is -2.08. The van der Waals surface area contributed by atoms with Gasteiger partial charge in [-0.25, -0.2) is 14.4 Å². The van der Waals surface area contributed by atoms with E-state index < -0.39 is 5.82 Å². The predicted molar refractivity (Wildman–Crippen MR) is 53.6 cm³/mol. The summed E-state index contributed by atoms with van der Waals surface area (Å²) in [5.41, 5.74) is 5.30. The van der Waals surface area contributed by atoms with Crippen LogP contribution in [0.3, 0.4) is 0 Å². The molecule has 3 N–H and O–H groups in total. The van der Waals surface area contributed by atoms with Crippen LogP contribution < -0.4 is 11.1 Å². The summed E-state index contributed by atoms with van der Waals surface area (Å²) >= 11 is 0. The van der Waals surface area contributed by atoms with Crippen LogP contribution in [-0.2, 0) is 0 Å². The van der Waals surface area contributed by atoms with Gasteiger partial charge in [-0.1, -0.05) is 13.8 Å². The van der Waals surface area contributed by atoms with Crippen molar-refractivity contribution in [3.05, 3.63) is 17.8 Å². The lowest BCUT2D eigenvalue weighted by molar-refractivity contribution is 0.607. The number of anilines is 1. The molecule has 1 aromatic heterocycles. The number of halogens is 1. The average Bonchev–Trinajstić information content (AvgIpc) is 2.16. The molecule has 0 saturated carbocycles. The van der Waals surface area contributed by atoms with Crippen LogP contribution in [0.25, 0.3) is 0 Å². The van der Waals surface area contributed by atoms with Crippen LogP contribution in [-0.4, -0.2) is 23.1 Å². The van der Waals surface area contributed by atoms with Crippen molar-refractivity contribution in [2.24, 2.45) is 5.73 Å². The Hall–Kier alpha value is -1.23. The highest BCUT2D eigenvalue weighted by Gasteiger charge is 2.08. The maximum Gasteiger partial charge on any atom is 0.183 e.